The zero-order chi connectivity index (χ0) is 20.1. The van der Waals surface area contributed by atoms with E-state index >= 15 is 0 Å². The number of aryl methyl sites for hydroxylation is 2. The highest BCUT2D eigenvalue weighted by molar-refractivity contribution is 6.30. The molecule has 0 spiro atoms. The van der Waals surface area contributed by atoms with Gasteiger partial charge in [-0.1, -0.05) is 16.8 Å². The number of ether oxygens (including phenoxy) is 1. The quantitative estimate of drug-likeness (QED) is 0.568. The number of aromatic nitrogens is 1. The van der Waals surface area contributed by atoms with Crippen LogP contribution in [0.4, 0.5) is 5.69 Å². The smallest absolute Gasteiger partial charge is 0.191 e. The number of guanidine groups is 1. The third-order valence-corrected chi connectivity index (χ3v) is 5.32. The number of halogens is 1. The Kier molecular flexibility index (Phi) is 6.67. The third kappa shape index (κ3) is 4.70. The molecular weight excluding hydrogens is 378 g/mol. The molecule has 0 saturated carbocycles. The molecule has 2 N–H and O–H groups in total. The van der Waals surface area contributed by atoms with Crippen LogP contribution < -0.4 is 20.3 Å². The molecule has 1 saturated heterocycles. The molecule has 1 aliphatic rings. The van der Waals surface area contributed by atoms with E-state index in [1.807, 2.05) is 32.0 Å². The second-order valence-electron chi connectivity index (χ2n) is 6.94. The maximum atomic E-state index is 6.18. The van der Waals surface area contributed by atoms with Gasteiger partial charge in [-0.2, -0.15) is 0 Å². The van der Waals surface area contributed by atoms with Gasteiger partial charge in [0.1, 0.15) is 11.5 Å². The zero-order valence-corrected chi connectivity index (χ0v) is 17.6. The van der Waals surface area contributed by atoms with E-state index in [0.717, 1.165) is 66.9 Å². The normalized spacial score (nSPS) is 17.1. The minimum atomic E-state index is 0.300. The van der Waals surface area contributed by atoms with E-state index in [9.17, 15) is 0 Å². The van der Waals surface area contributed by atoms with Crippen molar-refractivity contribution in [3.63, 3.8) is 0 Å². The van der Waals surface area contributed by atoms with Crippen molar-refractivity contribution < 1.29 is 9.26 Å². The first-order valence-corrected chi connectivity index (χ1v) is 9.87. The van der Waals surface area contributed by atoms with Crippen LogP contribution >= 0.6 is 11.6 Å². The predicted molar refractivity (Wildman–Crippen MR) is 113 cm³/mol. The minimum Gasteiger partial charge on any atom is -0.495 e. The fourth-order valence-electron chi connectivity index (χ4n) is 3.56. The third-order valence-electron chi connectivity index (χ3n) is 5.08. The lowest BCUT2D eigenvalue weighted by molar-refractivity contribution is 0.392. The molecule has 2 aromatic rings. The Hall–Kier alpha value is -2.41. The van der Waals surface area contributed by atoms with Crippen LogP contribution in [0.1, 0.15) is 23.4 Å². The number of hydrogen-bond acceptors (Lipinski definition) is 5. The SMILES string of the molecule is CN=C(NCCc1c(C)noc1C)NC1CCN(c2cc(Cl)ccc2OC)C1. The van der Waals surface area contributed by atoms with Crippen molar-refractivity contribution in [1.82, 2.24) is 15.8 Å². The number of anilines is 1. The summed E-state index contributed by atoms with van der Waals surface area (Å²) in [5, 5.41) is 11.6. The molecule has 8 heteroatoms. The van der Waals surface area contributed by atoms with Crippen molar-refractivity contribution in [3.8, 4) is 5.75 Å². The van der Waals surface area contributed by atoms with Gasteiger partial charge in [-0.15, -0.1) is 0 Å². The molecule has 3 rings (SSSR count). The van der Waals surface area contributed by atoms with E-state index in [4.69, 9.17) is 20.9 Å². The largest absolute Gasteiger partial charge is 0.495 e. The zero-order valence-electron chi connectivity index (χ0n) is 16.9. The molecule has 2 heterocycles. The van der Waals surface area contributed by atoms with Crippen LogP contribution in [-0.4, -0.2) is 50.9 Å². The average Bonchev–Trinajstić information content (AvgIpc) is 3.28. The van der Waals surface area contributed by atoms with Gasteiger partial charge in [-0.25, -0.2) is 0 Å². The molecule has 0 aliphatic carbocycles. The van der Waals surface area contributed by atoms with Gasteiger partial charge < -0.3 is 24.8 Å². The number of benzene rings is 1. The Morgan fingerprint density at radius 2 is 2.25 bits per heavy atom. The highest BCUT2D eigenvalue weighted by Crippen LogP contribution is 2.33. The molecule has 1 atom stereocenters. The molecular formula is C20H28ClN5O2. The van der Waals surface area contributed by atoms with Gasteiger partial charge in [-0.3, -0.25) is 4.99 Å². The van der Waals surface area contributed by atoms with E-state index in [-0.39, 0.29) is 0 Å². The summed E-state index contributed by atoms with van der Waals surface area (Å²) >= 11 is 6.18. The molecule has 1 aromatic heterocycles. The van der Waals surface area contributed by atoms with Crippen LogP contribution in [0.25, 0.3) is 0 Å². The molecule has 0 bridgehead atoms. The van der Waals surface area contributed by atoms with Crippen LogP contribution in [0, 0.1) is 13.8 Å². The van der Waals surface area contributed by atoms with Crippen LogP contribution in [0.2, 0.25) is 5.02 Å². The second-order valence-corrected chi connectivity index (χ2v) is 7.38. The Bertz CT molecular complexity index is 816. The number of nitrogens with zero attached hydrogens (tertiary/aromatic N) is 3. The molecule has 7 nitrogen and oxygen atoms in total. The second kappa shape index (κ2) is 9.19. The molecule has 1 fully saturated rings. The van der Waals surface area contributed by atoms with Gasteiger partial charge in [-0.05, 0) is 44.9 Å². The molecule has 28 heavy (non-hydrogen) atoms. The number of hydrogen-bond donors (Lipinski definition) is 2. The molecule has 1 aliphatic heterocycles. The van der Waals surface area contributed by atoms with E-state index in [2.05, 4.69) is 25.7 Å². The van der Waals surface area contributed by atoms with E-state index in [0.29, 0.717) is 11.1 Å². The molecule has 0 amide bonds. The standard InChI is InChI=1S/C20H28ClN5O2/c1-13-17(14(2)28-25-13)7-9-23-20(22-3)24-16-8-10-26(12-16)18-11-15(21)5-6-19(18)27-4/h5-6,11,16H,7-10,12H2,1-4H3,(H2,22,23,24). The van der Waals surface area contributed by atoms with E-state index in [1.165, 1.54) is 0 Å². The van der Waals surface area contributed by atoms with Crippen LogP contribution in [-0.2, 0) is 6.42 Å². The monoisotopic (exact) mass is 405 g/mol. The summed E-state index contributed by atoms with van der Waals surface area (Å²) in [6, 6.07) is 6.02. The van der Waals surface area contributed by atoms with Gasteiger partial charge >= 0.3 is 0 Å². The van der Waals surface area contributed by atoms with Gasteiger partial charge in [0.25, 0.3) is 0 Å². The lowest BCUT2D eigenvalue weighted by atomic mass is 10.1. The summed E-state index contributed by atoms with van der Waals surface area (Å²) < 4.78 is 10.7. The first-order chi connectivity index (χ1) is 13.5. The summed E-state index contributed by atoms with van der Waals surface area (Å²) in [6.07, 6.45) is 1.86. The van der Waals surface area contributed by atoms with Gasteiger partial charge in [0, 0.05) is 43.3 Å². The lowest BCUT2D eigenvalue weighted by Gasteiger charge is -2.22. The minimum absolute atomic E-state index is 0.300. The predicted octanol–water partition coefficient (Wildman–Crippen LogP) is 2.94. The summed E-state index contributed by atoms with van der Waals surface area (Å²) in [6.45, 7) is 6.47. The molecule has 1 aromatic carbocycles. The fourth-order valence-corrected chi connectivity index (χ4v) is 3.73. The van der Waals surface area contributed by atoms with Gasteiger partial charge in [0.2, 0.25) is 0 Å². The van der Waals surface area contributed by atoms with E-state index in [1.54, 1.807) is 14.2 Å². The Labute approximate surface area is 171 Å². The van der Waals surface area contributed by atoms with Gasteiger partial charge in [0.05, 0.1) is 18.5 Å². The van der Waals surface area contributed by atoms with Crippen LogP contribution in [0.3, 0.4) is 0 Å². The summed E-state index contributed by atoms with van der Waals surface area (Å²) in [5.74, 6) is 2.52. The van der Waals surface area contributed by atoms with Crippen LogP contribution in [0.15, 0.2) is 27.7 Å². The lowest BCUT2D eigenvalue weighted by Crippen LogP contribution is -2.45. The topological polar surface area (TPSA) is 74.9 Å². The number of nitrogens with one attached hydrogen (secondary N) is 2. The van der Waals surface area contributed by atoms with Crippen LogP contribution in [0.5, 0.6) is 5.75 Å². The average molecular weight is 406 g/mol. The Morgan fingerprint density at radius 3 is 2.93 bits per heavy atom. The Balaban J connectivity index is 1.53. The van der Waals surface area contributed by atoms with Gasteiger partial charge in [0.15, 0.2) is 5.96 Å². The van der Waals surface area contributed by atoms with Crippen molar-refractivity contribution in [1.29, 1.82) is 0 Å². The first-order valence-electron chi connectivity index (χ1n) is 9.49. The number of rotatable bonds is 6. The van der Waals surface area contributed by atoms with Crippen molar-refractivity contribution >= 4 is 23.2 Å². The van der Waals surface area contributed by atoms with Crippen molar-refractivity contribution in [2.75, 3.05) is 38.7 Å². The summed E-state index contributed by atoms with van der Waals surface area (Å²) in [7, 11) is 3.47. The molecule has 1 unspecified atom stereocenters. The maximum Gasteiger partial charge on any atom is 0.191 e. The Morgan fingerprint density at radius 1 is 1.43 bits per heavy atom. The highest BCUT2D eigenvalue weighted by Gasteiger charge is 2.25. The first kappa shape index (κ1) is 20.3. The van der Waals surface area contributed by atoms with E-state index < -0.39 is 0 Å². The fraction of sp³-hybridized carbons (Fsp3) is 0.500. The van der Waals surface area contributed by atoms with Crippen molar-refractivity contribution in [2.24, 2.45) is 4.99 Å². The number of methoxy groups -OCH3 is 1. The maximum absolute atomic E-state index is 6.18. The highest BCUT2D eigenvalue weighted by atomic mass is 35.5. The summed E-state index contributed by atoms with van der Waals surface area (Å²) in [5.41, 5.74) is 3.13. The van der Waals surface area contributed by atoms with Crippen molar-refractivity contribution in [3.05, 3.63) is 40.2 Å². The number of aliphatic imine (C=N–C) groups is 1. The molecule has 152 valence electrons. The van der Waals surface area contributed by atoms with Crippen molar-refractivity contribution in [2.45, 2.75) is 32.7 Å². The summed E-state index contributed by atoms with van der Waals surface area (Å²) in [4.78, 5) is 6.64. The molecule has 0 radical (unpaired) electrons.